The van der Waals surface area contributed by atoms with E-state index in [0.717, 1.165) is 18.2 Å². The zero-order valence-electron chi connectivity index (χ0n) is 14.3. The van der Waals surface area contributed by atoms with Gasteiger partial charge in [-0.1, -0.05) is 12.1 Å². The van der Waals surface area contributed by atoms with Crippen molar-refractivity contribution < 1.29 is 27.5 Å². The van der Waals surface area contributed by atoms with E-state index in [1.165, 1.54) is 42.5 Å². The van der Waals surface area contributed by atoms with Gasteiger partial charge in [-0.05, 0) is 48.0 Å². The Morgan fingerprint density at radius 3 is 2.46 bits per heavy atom. The minimum atomic E-state index is -4.48. The van der Waals surface area contributed by atoms with Crippen molar-refractivity contribution in [1.82, 2.24) is 10.9 Å². The maximum absolute atomic E-state index is 12.6. The Morgan fingerprint density at radius 1 is 1.11 bits per heavy atom. The molecule has 0 atom stereocenters. The van der Waals surface area contributed by atoms with Crippen molar-refractivity contribution in [3.63, 3.8) is 0 Å². The van der Waals surface area contributed by atoms with Gasteiger partial charge in [-0.25, -0.2) is 0 Å². The van der Waals surface area contributed by atoms with Crippen molar-refractivity contribution in [3.05, 3.63) is 71.3 Å². The molecule has 0 bridgehead atoms. The van der Waals surface area contributed by atoms with Crippen LogP contribution >= 0.6 is 0 Å². The second kappa shape index (κ2) is 9.23. The second-order valence-electron chi connectivity index (χ2n) is 5.42. The van der Waals surface area contributed by atoms with Crippen LogP contribution in [0.2, 0.25) is 0 Å². The molecule has 2 aromatic rings. The second-order valence-corrected chi connectivity index (χ2v) is 5.42. The molecule has 0 aliphatic carbocycles. The summed E-state index contributed by atoms with van der Waals surface area (Å²) in [5, 5.41) is 8.68. The number of hydrogen-bond acceptors (Lipinski definition) is 4. The van der Waals surface area contributed by atoms with Crippen LogP contribution in [0.25, 0.3) is 6.08 Å². The van der Waals surface area contributed by atoms with Gasteiger partial charge in [-0.15, -0.1) is 0 Å². The van der Waals surface area contributed by atoms with E-state index >= 15 is 0 Å². The number of halogens is 3. The molecule has 0 heterocycles. The maximum atomic E-state index is 12.6. The largest absolute Gasteiger partial charge is 0.484 e. The van der Waals surface area contributed by atoms with E-state index in [1.54, 1.807) is 0 Å². The number of nitriles is 1. The molecule has 2 N–H and O–H groups in total. The van der Waals surface area contributed by atoms with E-state index in [1.807, 2.05) is 6.07 Å². The predicted molar refractivity (Wildman–Crippen MR) is 93.4 cm³/mol. The monoisotopic (exact) mass is 389 g/mol. The fourth-order valence-electron chi connectivity index (χ4n) is 1.97. The molecule has 144 valence electrons. The molecule has 0 saturated carbocycles. The zero-order chi connectivity index (χ0) is 20.6. The smallest absolute Gasteiger partial charge is 0.416 e. The number of alkyl halides is 3. The number of carbonyl (C=O) groups is 2. The highest BCUT2D eigenvalue weighted by molar-refractivity contribution is 5.93. The van der Waals surface area contributed by atoms with Crippen LogP contribution < -0.4 is 15.6 Å². The predicted octanol–water partition coefficient (Wildman–Crippen LogP) is 2.82. The van der Waals surface area contributed by atoms with Crippen molar-refractivity contribution in [2.45, 2.75) is 6.18 Å². The van der Waals surface area contributed by atoms with Crippen molar-refractivity contribution in [2.75, 3.05) is 6.61 Å². The number of hydrazine groups is 1. The molecule has 0 unspecified atom stereocenters. The summed E-state index contributed by atoms with van der Waals surface area (Å²) in [6.07, 6.45) is -2.31. The summed E-state index contributed by atoms with van der Waals surface area (Å²) in [5.41, 5.74) is 3.97. The van der Waals surface area contributed by atoms with Crippen molar-refractivity contribution in [3.8, 4) is 11.8 Å². The summed E-state index contributed by atoms with van der Waals surface area (Å²) in [6, 6.07) is 12.5. The number of carbonyl (C=O) groups excluding carboxylic acids is 2. The van der Waals surface area contributed by atoms with Crippen molar-refractivity contribution >= 4 is 17.9 Å². The Bertz CT molecular complexity index is 917. The van der Waals surface area contributed by atoms with Crippen LogP contribution in [-0.4, -0.2) is 18.4 Å². The van der Waals surface area contributed by atoms with Crippen LogP contribution in [0.4, 0.5) is 13.2 Å². The van der Waals surface area contributed by atoms with E-state index in [9.17, 15) is 22.8 Å². The van der Waals surface area contributed by atoms with E-state index in [0.29, 0.717) is 11.3 Å². The molecule has 0 spiro atoms. The highest BCUT2D eigenvalue weighted by Crippen LogP contribution is 2.29. The van der Waals surface area contributed by atoms with Gasteiger partial charge in [0.25, 0.3) is 11.8 Å². The van der Waals surface area contributed by atoms with Crippen LogP contribution in [0, 0.1) is 11.3 Å². The Balaban J connectivity index is 1.79. The van der Waals surface area contributed by atoms with Crippen molar-refractivity contribution in [1.29, 1.82) is 5.26 Å². The molecule has 2 rings (SSSR count). The van der Waals surface area contributed by atoms with Gasteiger partial charge in [0.05, 0.1) is 17.2 Å². The lowest BCUT2D eigenvalue weighted by Gasteiger charge is -2.08. The number of ether oxygens (including phenoxy) is 1. The third kappa shape index (κ3) is 6.49. The first-order valence-corrected chi connectivity index (χ1v) is 7.85. The van der Waals surface area contributed by atoms with Gasteiger partial charge < -0.3 is 4.74 Å². The average molecular weight is 389 g/mol. The van der Waals surface area contributed by atoms with Gasteiger partial charge in [-0.2, -0.15) is 18.4 Å². The summed E-state index contributed by atoms with van der Waals surface area (Å²) in [4.78, 5) is 23.3. The number of rotatable bonds is 5. The molecule has 0 aliphatic heterocycles. The Kier molecular flexibility index (Phi) is 6.76. The van der Waals surface area contributed by atoms with E-state index in [4.69, 9.17) is 10.00 Å². The maximum Gasteiger partial charge on any atom is 0.416 e. The lowest BCUT2D eigenvalue weighted by atomic mass is 10.1. The number of nitrogens with zero attached hydrogens (tertiary/aromatic N) is 1. The van der Waals surface area contributed by atoms with Crippen LogP contribution in [0.5, 0.6) is 5.75 Å². The third-order valence-electron chi connectivity index (χ3n) is 3.32. The molecule has 0 radical (unpaired) electrons. The first-order chi connectivity index (χ1) is 13.3. The Morgan fingerprint density at radius 2 is 1.82 bits per heavy atom. The lowest BCUT2D eigenvalue weighted by Crippen LogP contribution is -2.43. The lowest BCUT2D eigenvalue weighted by molar-refractivity contribution is -0.137. The summed E-state index contributed by atoms with van der Waals surface area (Å²) in [6.45, 7) is -0.385. The summed E-state index contributed by atoms with van der Waals surface area (Å²) in [5.74, 6) is -1.01. The topological polar surface area (TPSA) is 91.2 Å². The molecule has 2 amide bonds. The fraction of sp³-hybridized carbons (Fsp3) is 0.105. The first-order valence-electron chi connectivity index (χ1n) is 7.85. The third-order valence-corrected chi connectivity index (χ3v) is 3.32. The highest BCUT2D eigenvalue weighted by atomic mass is 19.4. The molecule has 6 nitrogen and oxygen atoms in total. The molecular weight excluding hydrogens is 375 g/mol. The highest BCUT2D eigenvalue weighted by Gasteiger charge is 2.30. The molecule has 2 aromatic carbocycles. The molecule has 28 heavy (non-hydrogen) atoms. The number of hydrogen-bond donors (Lipinski definition) is 2. The van der Waals surface area contributed by atoms with E-state index in [2.05, 4.69) is 10.9 Å². The van der Waals surface area contributed by atoms with Gasteiger partial charge in [0, 0.05) is 6.08 Å². The molecule has 9 heteroatoms. The molecule has 0 aliphatic rings. The van der Waals surface area contributed by atoms with E-state index in [-0.39, 0.29) is 12.2 Å². The number of nitrogens with one attached hydrogen (secondary N) is 2. The molecule has 0 aromatic heterocycles. The SMILES string of the molecule is N#Cc1ccc(OCC(=O)NNC(=O)/C=C/c2cccc(C(F)(F)F)c2)cc1. The minimum absolute atomic E-state index is 0.181. The van der Waals surface area contributed by atoms with Crippen molar-refractivity contribution in [2.24, 2.45) is 0 Å². The fourth-order valence-corrected chi connectivity index (χ4v) is 1.97. The van der Waals surface area contributed by atoms with Gasteiger partial charge >= 0.3 is 6.18 Å². The zero-order valence-corrected chi connectivity index (χ0v) is 14.3. The Hall–Kier alpha value is -3.80. The van der Waals surface area contributed by atoms with Gasteiger partial charge in [0.2, 0.25) is 0 Å². The van der Waals surface area contributed by atoms with E-state index < -0.39 is 23.6 Å². The number of benzene rings is 2. The van der Waals surface area contributed by atoms with Crippen LogP contribution in [-0.2, 0) is 15.8 Å². The summed E-state index contributed by atoms with van der Waals surface area (Å²) < 4.78 is 43.1. The molecule has 0 saturated heterocycles. The standard InChI is InChI=1S/C19H14F3N3O3/c20-19(21,22)15-3-1-2-13(10-15)6-9-17(26)24-25-18(27)12-28-16-7-4-14(11-23)5-8-16/h1-10H,12H2,(H,24,26)(H,25,27)/b9-6+. The quantitative estimate of drug-likeness (QED) is 0.608. The summed E-state index contributed by atoms with van der Waals surface area (Å²) >= 11 is 0. The number of amides is 2. The molecular formula is C19H14F3N3O3. The van der Waals surface area contributed by atoms with Gasteiger partial charge in [0.1, 0.15) is 5.75 Å². The van der Waals surface area contributed by atoms with Gasteiger partial charge in [0.15, 0.2) is 6.61 Å². The molecule has 0 fully saturated rings. The average Bonchev–Trinajstić information content (AvgIpc) is 2.69. The normalized spacial score (nSPS) is 10.9. The van der Waals surface area contributed by atoms with Crippen LogP contribution in [0.3, 0.4) is 0 Å². The Labute approximate surface area is 158 Å². The van der Waals surface area contributed by atoms with Crippen LogP contribution in [0.15, 0.2) is 54.6 Å². The minimum Gasteiger partial charge on any atom is -0.484 e. The summed E-state index contributed by atoms with van der Waals surface area (Å²) in [7, 11) is 0. The van der Waals surface area contributed by atoms with Crippen LogP contribution in [0.1, 0.15) is 16.7 Å². The first kappa shape index (κ1) is 20.5. The van der Waals surface area contributed by atoms with Gasteiger partial charge in [-0.3, -0.25) is 20.4 Å².